The molecule has 2 nitrogen and oxygen atoms in total. The number of nitrogens with one attached hydrogen (secondary N) is 1. The number of hydrogen-bond donors (Lipinski definition) is 2. The first-order valence-electron chi connectivity index (χ1n) is 7.60. The van der Waals surface area contributed by atoms with E-state index in [1.165, 1.54) is 44.6 Å². The van der Waals surface area contributed by atoms with Crippen LogP contribution in [-0.4, -0.2) is 0 Å². The summed E-state index contributed by atoms with van der Waals surface area (Å²) in [6.07, 6.45) is 9.98. The number of halogens is 2. The lowest BCUT2D eigenvalue weighted by molar-refractivity contribution is 0.475. The van der Waals surface area contributed by atoms with Gasteiger partial charge in [-0.15, -0.1) is 0 Å². The summed E-state index contributed by atoms with van der Waals surface area (Å²) in [4.78, 5) is 0. The highest BCUT2D eigenvalue weighted by Crippen LogP contribution is 2.24. The number of hydrazine groups is 1. The molecular formula is C16H26BrFN2. The van der Waals surface area contributed by atoms with Crippen molar-refractivity contribution in [2.75, 3.05) is 0 Å². The molecule has 0 aliphatic rings. The quantitative estimate of drug-likeness (QED) is 0.346. The molecule has 4 heteroatoms. The monoisotopic (exact) mass is 344 g/mol. The second kappa shape index (κ2) is 10.3. The summed E-state index contributed by atoms with van der Waals surface area (Å²) in [5.41, 5.74) is 3.87. The Bertz CT molecular complexity index is 385. The molecule has 1 rings (SSSR count). The number of benzene rings is 1. The predicted molar refractivity (Wildman–Crippen MR) is 86.8 cm³/mol. The first kappa shape index (κ1) is 17.6. The maximum atomic E-state index is 13.2. The van der Waals surface area contributed by atoms with Crippen LogP contribution in [0.15, 0.2) is 22.7 Å². The van der Waals surface area contributed by atoms with Gasteiger partial charge in [-0.2, -0.15) is 0 Å². The Kier molecular flexibility index (Phi) is 9.07. The van der Waals surface area contributed by atoms with Gasteiger partial charge in [0.05, 0.1) is 4.47 Å². The SMILES string of the molecule is CCCCCCCCCC(NN)c1ccc(F)c(Br)c1. The van der Waals surface area contributed by atoms with E-state index in [9.17, 15) is 4.39 Å². The van der Waals surface area contributed by atoms with E-state index < -0.39 is 0 Å². The molecule has 0 amide bonds. The van der Waals surface area contributed by atoms with Gasteiger partial charge in [-0.1, -0.05) is 57.9 Å². The fraction of sp³-hybridized carbons (Fsp3) is 0.625. The van der Waals surface area contributed by atoms with Gasteiger partial charge in [0, 0.05) is 6.04 Å². The van der Waals surface area contributed by atoms with E-state index in [1.807, 2.05) is 0 Å². The summed E-state index contributed by atoms with van der Waals surface area (Å²) < 4.78 is 13.7. The molecule has 0 aliphatic carbocycles. The predicted octanol–water partition coefficient (Wildman–Crippen LogP) is 5.23. The third-order valence-electron chi connectivity index (χ3n) is 3.64. The molecule has 0 aromatic heterocycles. The zero-order chi connectivity index (χ0) is 14.8. The number of unbranched alkanes of at least 4 members (excludes halogenated alkanes) is 6. The van der Waals surface area contributed by atoms with Crippen molar-refractivity contribution < 1.29 is 4.39 Å². The second-order valence-corrected chi connectivity index (χ2v) is 6.16. The van der Waals surface area contributed by atoms with Crippen LogP contribution in [0.4, 0.5) is 4.39 Å². The first-order valence-corrected chi connectivity index (χ1v) is 8.39. The molecule has 3 N–H and O–H groups in total. The highest BCUT2D eigenvalue weighted by molar-refractivity contribution is 9.10. The maximum absolute atomic E-state index is 13.2. The van der Waals surface area contributed by atoms with E-state index in [2.05, 4.69) is 28.3 Å². The Morgan fingerprint density at radius 2 is 1.80 bits per heavy atom. The van der Waals surface area contributed by atoms with Gasteiger partial charge in [-0.25, -0.2) is 4.39 Å². The summed E-state index contributed by atoms with van der Waals surface area (Å²) in [6.45, 7) is 2.23. The highest BCUT2D eigenvalue weighted by atomic mass is 79.9. The summed E-state index contributed by atoms with van der Waals surface area (Å²) in [6, 6.07) is 5.18. The van der Waals surface area contributed by atoms with E-state index >= 15 is 0 Å². The minimum absolute atomic E-state index is 0.0996. The smallest absolute Gasteiger partial charge is 0.137 e. The fourth-order valence-corrected chi connectivity index (χ4v) is 2.78. The Labute approximate surface area is 130 Å². The van der Waals surface area contributed by atoms with Crippen molar-refractivity contribution in [3.63, 3.8) is 0 Å². The van der Waals surface area contributed by atoms with Crippen LogP contribution in [0, 0.1) is 5.82 Å². The molecule has 1 aromatic rings. The topological polar surface area (TPSA) is 38.0 Å². The van der Waals surface area contributed by atoms with Gasteiger partial charge in [-0.3, -0.25) is 11.3 Å². The Morgan fingerprint density at radius 1 is 1.15 bits per heavy atom. The van der Waals surface area contributed by atoms with Crippen molar-refractivity contribution in [1.82, 2.24) is 5.43 Å². The van der Waals surface area contributed by atoms with Crippen molar-refractivity contribution in [2.45, 2.75) is 64.3 Å². The zero-order valence-corrected chi connectivity index (χ0v) is 13.9. The van der Waals surface area contributed by atoms with Crippen LogP contribution in [0.1, 0.15) is 69.9 Å². The van der Waals surface area contributed by atoms with Crippen LogP contribution in [-0.2, 0) is 0 Å². The Balaban J connectivity index is 2.30. The molecule has 1 atom stereocenters. The molecule has 0 fully saturated rings. The summed E-state index contributed by atoms with van der Waals surface area (Å²) >= 11 is 3.22. The van der Waals surface area contributed by atoms with Gasteiger partial charge < -0.3 is 0 Å². The van der Waals surface area contributed by atoms with Gasteiger partial charge in [-0.05, 0) is 40.0 Å². The fourth-order valence-electron chi connectivity index (χ4n) is 2.38. The minimum Gasteiger partial charge on any atom is -0.271 e. The molecule has 0 saturated carbocycles. The van der Waals surface area contributed by atoms with Crippen molar-refractivity contribution in [3.05, 3.63) is 34.1 Å². The average molecular weight is 345 g/mol. The van der Waals surface area contributed by atoms with Crippen molar-refractivity contribution in [1.29, 1.82) is 0 Å². The van der Waals surface area contributed by atoms with E-state index in [0.29, 0.717) is 4.47 Å². The normalized spacial score (nSPS) is 12.6. The van der Waals surface area contributed by atoms with Gasteiger partial charge in [0.1, 0.15) is 5.82 Å². The van der Waals surface area contributed by atoms with Gasteiger partial charge >= 0.3 is 0 Å². The Morgan fingerprint density at radius 3 is 2.40 bits per heavy atom. The van der Waals surface area contributed by atoms with E-state index in [-0.39, 0.29) is 11.9 Å². The number of nitrogens with two attached hydrogens (primary N) is 1. The van der Waals surface area contributed by atoms with Crippen LogP contribution >= 0.6 is 15.9 Å². The Hall–Kier alpha value is -0.450. The molecule has 0 radical (unpaired) electrons. The van der Waals surface area contributed by atoms with Crippen molar-refractivity contribution in [3.8, 4) is 0 Å². The van der Waals surface area contributed by atoms with Crippen molar-refractivity contribution >= 4 is 15.9 Å². The van der Waals surface area contributed by atoms with Crippen LogP contribution in [0.2, 0.25) is 0 Å². The van der Waals surface area contributed by atoms with Gasteiger partial charge in [0.15, 0.2) is 0 Å². The lowest BCUT2D eigenvalue weighted by atomic mass is 10.00. The van der Waals surface area contributed by atoms with E-state index in [4.69, 9.17) is 5.84 Å². The van der Waals surface area contributed by atoms with Gasteiger partial charge in [0.2, 0.25) is 0 Å². The highest BCUT2D eigenvalue weighted by Gasteiger charge is 2.11. The molecule has 0 heterocycles. The molecule has 1 aromatic carbocycles. The first-order chi connectivity index (χ1) is 9.69. The second-order valence-electron chi connectivity index (χ2n) is 5.30. The third kappa shape index (κ3) is 6.33. The maximum Gasteiger partial charge on any atom is 0.137 e. The standard InChI is InChI=1S/C16H26BrFN2/c1-2-3-4-5-6-7-8-9-16(20-19)13-10-11-15(18)14(17)12-13/h10-12,16,20H,2-9,19H2,1H3. The number of hydrogen-bond acceptors (Lipinski definition) is 2. The summed E-state index contributed by atoms with van der Waals surface area (Å²) in [5.74, 6) is 5.38. The average Bonchev–Trinajstić information content (AvgIpc) is 2.45. The molecule has 114 valence electrons. The molecule has 0 bridgehead atoms. The van der Waals surface area contributed by atoms with Crippen LogP contribution in [0.25, 0.3) is 0 Å². The third-order valence-corrected chi connectivity index (χ3v) is 4.25. The zero-order valence-electron chi connectivity index (χ0n) is 12.3. The molecule has 0 spiro atoms. The van der Waals surface area contributed by atoms with Crippen LogP contribution in [0.5, 0.6) is 0 Å². The van der Waals surface area contributed by atoms with Crippen LogP contribution in [0.3, 0.4) is 0 Å². The lowest BCUT2D eigenvalue weighted by Crippen LogP contribution is -2.28. The van der Waals surface area contributed by atoms with Gasteiger partial charge in [0.25, 0.3) is 0 Å². The minimum atomic E-state index is -0.236. The van der Waals surface area contributed by atoms with Crippen molar-refractivity contribution in [2.24, 2.45) is 5.84 Å². The molecular weight excluding hydrogens is 319 g/mol. The molecule has 0 aliphatic heterocycles. The molecule has 1 unspecified atom stereocenters. The van der Waals surface area contributed by atoms with Crippen LogP contribution < -0.4 is 11.3 Å². The van der Waals surface area contributed by atoms with E-state index in [1.54, 1.807) is 12.1 Å². The molecule has 0 saturated heterocycles. The molecule has 20 heavy (non-hydrogen) atoms. The van der Waals surface area contributed by atoms with E-state index in [0.717, 1.165) is 18.4 Å². The summed E-state index contributed by atoms with van der Waals surface area (Å²) in [7, 11) is 0. The lowest BCUT2D eigenvalue weighted by Gasteiger charge is -2.16. The largest absolute Gasteiger partial charge is 0.271 e. The number of rotatable bonds is 10. The summed E-state index contributed by atoms with van der Waals surface area (Å²) in [5, 5.41) is 0.